The lowest BCUT2D eigenvalue weighted by molar-refractivity contribution is -0.113. The standard InChI is InChI=1S/C18H20N6OS/c1-13-3-2-4-14(9-13)10-24-16(7-8-20-24)21-17(25)11-26-18-22-19-12-23(18)15-5-6-15/h2-4,7-9,12,15H,5-6,10-11H2,1H3,(H,21,25). The second-order valence-electron chi connectivity index (χ2n) is 6.45. The molecule has 1 aromatic carbocycles. The summed E-state index contributed by atoms with van der Waals surface area (Å²) in [6.45, 7) is 2.68. The molecule has 0 radical (unpaired) electrons. The van der Waals surface area contributed by atoms with E-state index in [0.29, 0.717) is 24.2 Å². The summed E-state index contributed by atoms with van der Waals surface area (Å²) in [5.41, 5.74) is 2.35. The maximum atomic E-state index is 12.3. The number of hydrogen-bond acceptors (Lipinski definition) is 5. The van der Waals surface area contributed by atoms with Crippen molar-refractivity contribution in [1.29, 1.82) is 0 Å². The van der Waals surface area contributed by atoms with E-state index in [9.17, 15) is 4.79 Å². The van der Waals surface area contributed by atoms with Crippen LogP contribution in [0.15, 0.2) is 48.0 Å². The number of rotatable bonds is 7. The molecule has 0 saturated heterocycles. The van der Waals surface area contributed by atoms with Gasteiger partial charge in [0, 0.05) is 12.1 Å². The van der Waals surface area contributed by atoms with Crippen molar-refractivity contribution in [1.82, 2.24) is 24.5 Å². The zero-order valence-electron chi connectivity index (χ0n) is 14.5. The van der Waals surface area contributed by atoms with Crippen molar-refractivity contribution in [3.63, 3.8) is 0 Å². The maximum absolute atomic E-state index is 12.3. The molecule has 1 aliphatic rings. The summed E-state index contributed by atoms with van der Waals surface area (Å²) in [6.07, 6.45) is 5.77. The molecular weight excluding hydrogens is 348 g/mol. The molecule has 2 aromatic heterocycles. The van der Waals surface area contributed by atoms with Gasteiger partial charge in [0.1, 0.15) is 12.1 Å². The number of anilines is 1. The van der Waals surface area contributed by atoms with E-state index in [-0.39, 0.29) is 5.91 Å². The SMILES string of the molecule is Cc1cccc(Cn2nccc2NC(=O)CSc2nncn2C2CC2)c1. The molecule has 0 spiro atoms. The van der Waals surface area contributed by atoms with Crippen LogP contribution in [0.2, 0.25) is 0 Å². The van der Waals surface area contributed by atoms with E-state index in [2.05, 4.69) is 50.3 Å². The largest absolute Gasteiger partial charge is 0.310 e. The van der Waals surface area contributed by atoms with Crippen molar-refractivity contribution >= 4 is 23.5 Å². The average molecular weight is 368 g/mol. The van der Waals surface area contributed by atoms with E-state index in [1.807, 2.05) is 12.1 Å². The van der Waals surface area contributed by atoms with Crippen molar-refractivity contribution in [2.75, 3.05) is 11.1 Å². The highest BCUT2D eigenvalue weighted by atomic mass is 32.2. The van der Waals surface area contributed by atoms with Gasteiger partial charge in [-0.25, -0.2) is 4.68 Å². The number of nitrogens with one attached hydrogen (secondary N) is 1. The number of amides is 1. The first kappa shape index (κ1) is 16.8. The van der Waals surface area contributed by atoms with Crippen LogP contribution in [0.5, 0.6) is 0 Å². The molecule has 0 aliphatic heterocycles. The van der Waals surface area contributed by atoms with Crippen LogP contribution in [-0.2, 0) is 11.3 Å². The molecular formula is C18H20N6OS. The minimum atomic E-state index is -0.0775. The summed E-state index contributed by atoms with van der Waals surface area (Å²) in [4.78, 5) is 12.3. The molecule has 0 bridgehead atoms. The molecule has 1 amide bonds. The van der Waals surface area contributed by atoms with E-state index >= 15 is 0 Å². The molecule has 2 heterocycles. The van der Waals surface area contributed by atoms with Gasteiger partial charge in [-0.2, -0.15) is 5.10 Å². The van der Waals surface area contributed by atoms with Crippen LogP contribution in [-0.4, -0.2) is 36.2 Å². The van der Waals surface area contributed by atoms with Gasteiger partial charge in [-0.15, -0.1) is 10.2 Å². The lowest BCUT2D eigenvalue weighted by atomic mass is 10.1. The predicted molar refractivity (Wildman–Crippen MR) is 100 cm³/mol. The van der Waals surface area contributed by atoms with Crippen LogP contribution in [0.25, 0.3) is 0 Å². The zero-order chi connectivity index (χ0) is 17.9. The van der Waals surface area contributed by atoms with Crippen molar-refractivity contribution < 1.29 is 4.79 Å². The molecule has 4 rings (SSSR count). The van der Waals surface area contributed by atoms with Crippen LogP contribution in [0, 0.1) is 6.92 Å². The number of aryl methyl sites for hydroxylation is 1. The Kier molecular flexibility index (Phi) is 4.75. The fraction of sp³-hybridized carbons (Fsp3) is 0.333. The van der Waals surface area contributed by atoms with Crippen molar-refractivity contribution in [3.05, 3.63) is 54.0 Å². The molecule has 1 N–H and O–H groups in total. The van der Waals surface area contributed by atoms with E-state index in [4.69, 9.17) is 0 Å². The second-order valence-corrected chi connectivity index (χ2v) is 7.39. The third-order valence-electron chi connectivity index (χ3n) is 4.21. The van der Waals surface area contributed by atoms with Gasteiger partial charge < -0.3 is 9.88 Å². The molecule has 3 aromatic rings. The first-order valence-corrected chi connectivity index (χ1v) is 9.57. The number of benzene rings is 1. The third kappa shape index (κ3) is 3.96. The van der Waals surface area contributed by atoms with Crippen molar-refractivity contribution in [3.8, 4) is 0 Å². The van der Waals surface area contributed by atoms with Crippen LogP contribution >= 0.6 is 11.8 Å². The summed E-state index contributed by atoms with van der Waals surface area (Å²) in [6, 6.07) is 10.6. The Bertz CT molecular complexity index is 914. The molecule has 26 heavy (non-hydrogen) atoms. The molecule has 1 saturated carbocycles. The van der Waals surface area contributed by atoms with Crippen LogP contribution in [0.4, 0.5) is 5.82 Å². The summed E-state index contributed by atoms with van der Waals surface area (Å²) < 4.78 is 3.85. The smallest absolute Gasteiger partial charge is 0.235 e. The highest BCUT2D eigenvalue weighted by molar-refractivity contribution is 7.99. The molecule has 0 unspecified atom stereocenters. The van der Waals surface area contributed by atoms with Crippen molar-refractivity contribution in [2.24, 2.45) is 0 Å². The topological polar surface area (TPSA) is 77.6 Å². The quantitative estimate of drug-likeness (QED) is 0.649. The number of thioether (sulfide) groups is 1. The Morgan fingerprint density at radius 1 is 1.35 bits per heavy atom. The predicted octanol–water partition coefficient (Wildman–Crippen LogP) is 2.90. The van der Waals surface area contributed by atoms with E-state index in [0.717, 1.165) is 23.6 Å². The van der Waals surface area contributed by atoms with Gasteiger partial charge in [-0.3, -0.25) is 4.79 Å². The summed E-state index contributed by atoms with van der Waals surface area (Å²) in [7, 11) is 0. The van der Waals surface area contributed by atoms with Gasteiger partial charge in [0.25, 0.3) is 0 Å². The molecule has 134 valence electrons. The van der Waals surface area contributed by atoms with Crippen molar-refractivity contribution in [2.45, 2.75) is 37.5 Å². The lowest BCUT2D eigenvalue weighted by Crippen LogP contribution is -2.18. The highest BCUT2D eigenvalue weighted by Crippen LogP contribution is 2.37. The minimum Gasteiger partial charge on any atom is -0.310 e. The molecule has 1 fully saturated rings. The first-order valence-electron chi connectivity index (χ1n) is 8.58. The minimum absolute atomic E-state index is 0.0775. The first-order chi connectivity index (χ1) is 12.7. The van der Waals surface area contributed by atoms with E-state index in [1.165, 1.54) is 17.3 Å². The van der Waals surface area contributed by atoms with Gasteiger partial charge in [0.15, 0.2) is 5.16 Å². The summed E-state index contributed by atoms with van der Waals surface area (Å²) in [5.74, 6) is 0.910. The Morgan fingerprint density at radius 3 is 3.04 bits per heavy atom. The average Bonchev–Trinajstić information content (AvgIpc) is 3.20. The lowest BCUT2D eigenvalue weighted by Gasteiger charge is -2.10. The van der Waals surface area contributed by atoms with Gasteiger partial charge in [-0.05, 0) is 25.3 Å². The van der Waals surface area contributed by atoms with Crippen LogP contribution < -0.4 is 5.32 Å². The fourth-order valence-electron chi connectivity index (χ4n) is 2.80. The molecule has 8 heteroatoms. The third-order valence-corrected chi connectivity index (χ3v) is 5.17. The number of hydrogen-bond donors (Lipinski definition) is 1. The van der Waals surface area contributed by atoms with Crippen LogP contribution in [0.1, 0.15) is 30.0 Å². The highest BCUT2D eigenvalue weighted by Gasteiger charge is 2.26. The molecule has 1 aliphatic carbocycles. The van der Waals surface area contributed by atoms with Gasteiger partial charge in [0.05, 0.1) is 18.5 Å². The molecule has 0 atom stereocenters. The number of carbonyl (C=O) groups excluding carboxylic acids is 1. The molecule has 7 nitrogen and oxygen atoms in total. The Labute approximate surface area is 155 Å². The van der Waals surface area contributed by atoms with Gasteiger partial charge in [-0.1, -0.05) is 41.6 Å². The Morgan fingerprint density at radius 2 is 2.23 bits per heavy atom. The summed E-state index contributed by atoms with van der Waals surface area (Å²) in [5, 5.41) is 16.1. The Hall–Kier alpha value is -2.61. The Balaban J connectivity index is 1.36. The zero-order valence-corrected chi connectivity index (χ0v) is 15.3. The monoisotopic (exact) mass is 368 g/mol. The number of aromatic nitrogens is 5. The second kappa shape index (κ2) is 7.33. The number of nitrogens with zero attached hydrogens (tertiary/aromatic N) is 5. The van der Waals surface area contributed by atoms with Gasteiger partial charge in [0.2, 0.25) is 5.91 Å². The van der Waals surface area contributed by atoms with E-state index < -0.39 is 0 Å². The fourth-order valence-corrected chi connectivity index (χ4v) is 3.58. The number of carbonyl (C=O) groups is 1. The van der Waals surface area contributed by atoms with Gasteiger partial charge >= 0.3 is 0 Å². The van der Waals surface area contributed by atoms with Crippen LogP contribution in [0.3, 0.4) is 0 Å². The summed E-state index contributed by atoms with van der Waals surface area (Å²) >= 11 is 1.41. The van der Waals surface area contributed by atoms with E-state index in [1.54, 1.807) is 17.2 Å². The maximum Gasteiger partial charge on any atom is 0.235 e. The normalized spacial score (nSPS) is 13.7.